The van der Waals surface area contributed by atoms with Crippen molar-refractivity contribution in [1.29, 1.82) is 0 Å². The van der Waals surface area contributed by atoms with Gasteiger partial charge in [-0.2, -0.15) is 18.2 Å². The van der Waals surface area contributed by atoms with Crippen LogP contribution in [0.2, 0.25) is 0 Å². The number of amides is 1. The van der Waals surface area contributed by atoms with Crippen molar-refractivity contribution in [2.45, 2.75) is 32.4 Å². The van der Waals surface area contributed by atoms with Crippen LogP contribution >= 0.6 is 0 Å². The molecule has 3 rings (SSSR count). The lowest BCUT2D eigenvalue weighted by molar-refractivity contribution is -0.137. The molecular weight excluding hydrogens is 461 g/mol. The van der Waals surface area contributed by atoms with Crippen LogP contribution in [-0.4, -0.2) is 54.5 Å². The molecule has 1 aromatic heterocycles. The minimum Gasteiger partial charge on any atom is -0.369 e. The van der Waals surface area contributed by atoms with Gasteiger partial charge in [-0.3, -0.25) is 4.79 Å². The van der Waals surface area contributed by atoms with E-state index >= 15 is 0 Å². The van der Waals surface area contributed by atoms with E-state index in [1.54, 1.807) is 25.1 Å². The third-order valence-corrected chi connectivity index (χ3v) is 7.02. The van der Waals surface area contributed by atoms with Crippen molar-refractivity contribution in [1.82, 2.24) is 14.3 Å². The Balaban J connectivity index is 1.69. The van der Waals surface area contributed by atoms with E-state index in [4.69, 9.17) is 0 Å². The van der Waals surface area contributed by atoms with Gasteiger partial charge in [0.2, 0.25) is 21.9 Å². The molecule has 2 aromatic rings. The molecule has 0 saturated heterocycles. The van der Waals surface area contributed by atoms with Crippen molar-refractivity contribution < 1.29 is 26.4 Å². The van der Waals surface area contributed by atoms with Crippen molar-refractivity contribution in [3.8, 4) is 0 Å². The zero-order chi connectivity index (χ0) is 24.2. The smallest absolute Gasteiger partial charge is 0.369 e. The summed E-state index contributed by atoms with van der Waals surface area (Å²) < 4.78 is 65.4. The molecule has 1 aliphatic rings. The van der Waals surface area contributed by atoms with Gasteiger partial charge in [0.1, 0.15) is 11.4 Å². The highest BCUT2D eigenvalue weighted by molar-refractivity contribution is 7.89. The van der Waals surface area contributed by atoms with E-state index in [-0.39, 0.29) is 43.5 Å². The molecule has 0 unspecified atom stereocenters. The number of nitrogens with zero attached hydrogens (tertiary/aromatic N) is 3. The zero-order valence-corrected chi connectivity index (χ0v) is 19.0. The van der Waals surface area contributed by atoms with E-state index in [0.29, 0.717) is 24.0 Å². The van der Waals surface area contributed by atoms with Crippen molar-refractivity contribution in [2.24, 2.45) is 0 Å². The van der Waals surface area contributed by atoms with Gasteiger partial charge in [-0.05, 0) is 30.5 Å². The van der Waals surface area contributed by atoms with Crippen LogP contribution in [0.4, 0.5) is 36.3 Å². The molecular formula is C20H25F3N6O3S. The number of hydrogen-bond donors (Lipinski definition) is 3. The van der Waals surface area contributed by atoms with E-state index in [2.05, 4.69) is 25.9 Å². The third-order valence-electron chi connectivity index (χ3n) is 4.96. The molecule has 1 aromatic carbocycles. The van der Waals surface area contributed by atoms with Crippen LogP contribution < -0.4 is 16.0 Å². The van der Waals surface area contributed by atoms with E-state index in [1.807, 2.05) is 0 Å². The van der Waals surface area contributed by atoms with E-state index in [9.17, 15) is 26.4 Å². The van der Waals surface area contributed by atoms with Crippen molar-refractivity contribution in [3.63, 3.8) is 0 Å². The molecule has 0 bridgehead atoms. The van der Waals surface area contributed by atoms with Gasteiger partial charge >= 0.3 is 6.18 Å². The summed E-state index contributed by atoms with van der Waals surface area (Å²) in [5.74, 6) is -0.582. The maximum absolute atomic E-state index is 13.4. The van der Waals surface area contributed by atoms with Gasteiger partial charge in [-0.15, -0.1) is 0 Å². The zero-order valence-electron chi connectivity index (χ0n) is 18.2. The van der Waals surface area contributed by atoms with Gasteiger partial charge in [-0.25, -0.2) is 17.7 Å². The lowest BCUT2D eigenvalue weighted by atomic mass is 10.1. The van der Waals surface area contributed by atoms with Crippen LogP contribution in [0.1, 0.15) is 30.9 Å². The molecule has 1 aliphatic heterocycles. The van der Waals surface area contributed by atoms with Gasteiger partial charge in [-0.1, -0.05) is 13.0 Å². The van der Waals surface area contributed by atoms with Crippen LogP contribution in [0.25, 0.3) is 0 Å². The lowest BCUT2D eigenvalue weighted by Gasteiger charge is -2.18. The summed E-state index contributed by atoms with van der Waals surface area (Å²) in [6.45, 7) is 2.00. The normalized spacial score (nSPS) is 13.7. The monoisotopic (exact) mass is 486 g/mol. The summed E-state index contributed by atoms with van der Waals surface area (Å²) in [4.78, 5) is 19.2. The maximum Gasteiger partial charge on any atom is 0.421 e. The molecule has 1 amide bonds. The minimum atomic E-state index is -4.67. The summed E-state index contributed by atoms with van der Waals surface area (Å²) in [7, 11) is -1.93. The predicted molar refractivity (Wildman–Crippen MR) is 119 cm³/mol. The molecule has 0 saturated carbocycles. The van der Waals surface area contributed by atoms with Crippen LogP contribution in [0.3, 0.4) is 0 Å². The summed E-state index contributed by atoms with van der Waals surface area (Å²) >= 11 is 0. The van der Waals surface area contributed by atoms with Crippen LogP contribution in [-0.2, 0) is 27.4 Å². The Bertz CT molecular complexity index is 1120. The predicted octanol–water partition coefficient (Wildman–Crippen LogP) is 3.21. The number of halogens is 3. The summed E-state index contributed by atoms with van der Waals surface area (Å²) in [6, 6.07) is 5.07. The third kappa shape index (κ3) is 6.32. The highest BCUT2D eigenvalue weighted by Gasteiger charge is 2.35. The van der Waals surface area contributed by atoms with Gasteiger partial charge in [0, 0.05) is 37.7 Å². The molecule has 0 spiro atoms. The molecule has 9 nitrogen and oxygen atoms in total. The molecule has 13 heteroatoms. The van der Waals surface area contributed by atoms with Gasteiger partial charge in [0.25, 0.3) is 0 Å². The second-order valence-electron chi connectivity index (χ2n) is 7.59. The molecule has 3 N–H and O–H groups in total. The Morgan fingerprint density at radius 2 is 2.03 bits per heavy atom. The fourth-order valence-corrected chi connectivity index (χ4v) is 4.50. The van der Waals surface area contributed by atoms with E-state index in [0.717, 1.165) is 5.56 Å². The largest absolute Gasteiger partial charge is 0.421 e. The number of alkyl halides is 3. The Hall–Kier alpha value is -2.93. The number of sulfonamides is 1. The highest BCUT2D eigenvalue weighted by Crippen LogP contribution is 2.34. The van der Waals surface area contributed by atoms with Crippen LogP contribution in [0, 0.1) is 0 Å². The number of anilines is 4. The minimum absolute atomic E-state index is 0.0163. The number of nitrogens with one attached hydrogen (secondary N) is 3. The second kappa shape index (κ2) is 9.91. The standard InChI is InChI=1S/C20H25F3N6O3S/c1-3-9-33(31,32)29(2)8-4-7-24-18-15(20(21,22)23)12-25-19(28-18)26-14-6-5-13-10-17(30)27-16(13)11-14/h5-6,11-12H,3-4,7-10H2,1-2H3,(H,27,30)(H2,24,25,26,28). The average Bonchev–Trinajstić information content (AvgIpc) is 3.09. The average molecular weight is 487 g/mol. The first-order valence-electron chi connectivity index (χ1n) is 10.3. The van der Waals surface area contributed by atoms with Gasteiger partial charge < -0.3 is 16.0 Å². The number of hydrogen-bond acceptors (Lipinski definition) is 7. The maximum atomic E-state index is 13.4. The highest BCUT2D eigenvalue weighted by atomic mass is 32.2. The Morgan fingerprint density at radius 3 is 2.73 bits per heavy atom. The van der Waals surface area contributed by atoms with Crippen LogP contribution in [0.5, 0.6) is 0 Å². The van der Waals surface area contributed by atoms with Crippen LogP contribution in [0.15, 0.2) is 24.4 Å². The van der Waals surface area contributed by atoms with Crippen molar-refractivity contribution in [2.75, 3.05) is 41.8 Å². The number of carbonyl (C=O) groups excluding carboxylic acids is 1. The lowest BCUT2D eigenvalue weighted by Crippen LogP contribution is -2.31. The topological polar surface area (TPSA) is 116 Å². The summed E-state index contributed by atoms with van der Waals surface area (Å²) in [5, 5.41) is 8.18. The first kappa shape index (κ1) is 24.7. The number of rotatable bonds is 10. The molecule has 33 heavy (non-hydrogen) atoms. The quantitative estimate of drug-likeness (QED) is 0.442. The number of benzene rings is 1. The van der Waals surface area contributed by atoms with E-state index in [1.165, 1.54) is 11.4 Å². The second-order valence-corrected chi connectivity index (χ2v) is 9.79. The van der Waals surface area contributed by atoms with Crippen molar-refractivity contribution >= 4 is 39.1 Å². The molecule has 180 valence electrons. The fourth-order valence-electron chi connectivity index (χ4n) is 3.27. The summed E-state index contributed by atoms with van der Waals surface area (Å²) in [5.41, 5.74) is 0.926. The number of fused-ring (bicyclic) bond motifs is 1. The van der Waals surface area contributed by atoms with Gasteiger partial charge in [0.05, 0.1) is 12.2 Å². The van der Waals surface area contributed by atoms with Crippen molar-refractivity contribution in [3.05, 3.63) is 35.5 Å². The molecule has 0 aliphatic carbocycles. The Kier molecular flexibility index (Phi) is 7.42. The Labute approximate surface area is 189 Å². The molecule has 2 heterocycles. The first-order chi connectivity index (χ1) is 15.5. The number of aromatic nitrogens is 2. The first-order valence-corrected chi connectivity index (χ1v) is 11.9. The van der Waals surface area contributed by atoms with Gasteiger partial charge in [0.15, 0.2) is 0 Å². The number of carbonyl (C=O) groups is 1. The fraction of sp³-hybridized carbons (Fsp3) is 0.450. The SMILES string of the molecule is CCCS(=O)(=O)N(C)CCCNc1nc(Nc2ccc3c(c2)NC(=O)C3)ncc1C(F)(F)F. The Morgan fingerprint density at radius 1 is 1.27 bits per heavy atom. The van der Waals surface area contributed by atoms with E-state index < -0.39 is 27.6 Å². The molecule has 0 fully saturated rings. The summed E-state index contributed by atoms with van der Waals surface area (Å²) in [6.07, 6.45) is -2.94. The molecule has 0 atom stereocenters. The molecule has 0 radical (unpaired) electrons.